The number of benzene rings is 2. The van der Waals surface area contributed by atoms with Gasteiger partial charge >= 0.3 is 5.97 Å². The minimum atomic E-state index is -0.363. The first-order chi connectivity index (χ1) is 15.4. The van der Waals surface area contributed by atoms with Crippen LogP contribution in [0.15, 0.2) is 40.9 Å². The lowest BCUT2D eigenvalue weighted by Crippen LogP contribution is -3.04. The van der Waals surface area contributed by atoms with Gasteiger partial charge in [0.2, 0.25) is 0 Å². The molecule has 0 radical (unpaired) electrons. The van der Waals surface area contributed by atoms with Gasteiger partial charge in [0.15, 0.2) is 0 Å². The smallest absolute Gasteiger partial charge is 0.340 e. The standard InChI is InChI=1S/C25H30BrN3O3/c1-4-32-25(31)23-21(16-28-12-8-9-13-28)29(17-10-6-5-7-11-17)20-14-19(26)24(30)18(22(20)23)15-27(2)3/h5-7,10-11,14,30H,4,8-9,12-13,15-16H2,1-3H3. The van der Waals surface area contributed by atoms with Gasteiger partial charge in [-0.05, 0) is 51.1 Å². The molecule has 1 aliphatic rings. The molecule has 32 heavy (non-hydrogen) atoms. The van der Waals surface area contributed by atoms with Gasteiger partial charge in [-0.15, -0.1) is 0 Å². The predicted octanol–water partition coefficient (Wildman–Crippen LogP) is 2.88. The fraction of sp³-hybridized carbons (Fsp3) is 0.400. The average Bonchev–Trinajstić information content (AvgIpc) is 3.38. The van der Waals surface area contributed by atoms with Crippen LogP contribution in [0.1, 0.15) is 41.4 Å². The number of para-hydroxylation sites is 1. The molecule has 0 unspecified atom stereocenters. The minimum absolute atomic E-state index is 0.0674. The van der Waals surface area contributed by atoms with Crippen LogP contribution in [0.25, 0.3) is 16.6 Å². The first-order valence-electron chi connectivity index (χ1n) is 11.2. The summed E-state index contributed by atoms with van der Waals surface area (Å²) in [6.45, 7) is 5.26. The molecule has 0 spiro atoms. The van der Waals surface area contributed by atoms with Gasteiger partial charge in [0.1, 0.15) is 6.54 Å². The summed E-state index contributed by atoms with van der Waals surface area (Å²) in [4.78, 5) is 16.8. The lowest BCUT2D eigenvalue weighted by Gasteiger charge is -2.20. The highest BCUT2D eigenvalue weighted by Gasteiger charge is 2.29. The Bertz CT molecular complexity index is 1120. The van der Waals surface area contributed by atoms with Crippen LogP contribution in [0.5, 0.6) is 5.75 Å². The minimum Gasteiger partial charge on any atom is -0.871 e. The summed E-state index contributed by atoms with van der Waals surface area (Å²) in [5.41, 5.74) is 3.89. The van der Waals surface area contributed by atoms with Crippen LogP contribution >= 0.6 is 15.9 Å². The van der Waals surface area contributed by atoms with E-state index < -0.39 is 0 Å². The number of hydrogen-bond acceptors (Lipinski definition) is 4. The number of hydrogen-bond donors (Lipinski definition) is 1. The fourth-order valence-electron chi connectivity index (χ4n) is 4.65. The maximum atomic E-state index is 13.4. The molecule has 6 nitrogen and oxygen atoms in total. The molecule has 1 saturated heterocycles. The second-order valence-corrected chi connectivity index (χ2v) is 9.49. The summed E-state index contributed by atoms with van der Waals surface area (Å²) in [7, 11) is 4.02. The zero-order chi connectivity index (χ0) is 22.8. The molecule has 0 atom stereocenters. The van der Waals surface area contributed by atoms with Crippen LogP contribution in [-0.2, 0) is 17.8 Å². The van der Waals surface area contributed by atoms with Crippen molar-refractivity contribution in [2.24, 2.45) is 0 Å². The normalized spacial score (nSPS) is 14.5. The molecule has 1 aliphatic heterocycles. The Labute approximate surface area is 197 Å². The van der Waals surface area contributed by atoms with Crippen LogP contribution < -0.4 is 10.0 Å². The van der Waals surface area contributed by atoms with Crippen molar-refractivity contribution in [2.45, 2.75) is 32.9 Å². The topological polar surface area (TPSA) is 62.0 Å². The molecule has 1 N–H and O–H groups in total. The van der Waals surface area contributed by atoms with Crippen LogP contribution in [0.3, 0.4) is 0 Å². The van der Waals surface area contributed by atoms with Crippen molar-refractivity contribution in [3.63, 3.8) is 0 Å². The van der Waals surface area contributed by atoms with E-state index in [2.05, 4.69) is 25.4 Å². The van der Waals surface area contributed by atoms with Crippen molar-refractivity contribution < 1.29 is 19.5 Å². The third-order valence-corrected chi connectivity index (χ3v) is 6.55. The molecule has 170 valence electrons. The molecule has 4 rings (SSSR count). The molecule has 1 aromatic heterocycles. The van der Waals surface area contributed by atoms with E-state index in [9.17, 15) is 9.90 Å². The number of nitrogens with one attached hydrogen (secondary N) is 1. The lowest BCUT2D eigenvalue weighted by molar-refractivity contribution is -0.872. The van der Waals surface area contributed by atoms with E-state index in [-0.39, 0.29) is 18.3 Å². The number of quaternary nitrogens is 1. The molecule has 0 aliphatic carbocycles. The van der Waals surface area contributed by atoms with Gasteiger partial charge in [0, 0.05) is 27.7 Å². The summed E-state index contributed by atoms with van der Waals surface area (Å²) >= 11 is 3.49. The third-order valence-electron chi connectivity index (χ3n) is 5.96. The summed E-state index contributed by atoms with van der Waals surface area (Å²) in [6.07, 6.45) is 2.32. The first kappa shape index (κ1) is 22.8. The summed E-state index contributed by atoms with van der Waals surface area (Å²) in [5.74, 6) is -0.430. The van der Waals surface area contributed by atoms with E-state index in [1.54, 1.807) is 0 Å². The molecule has 2 heterocycles. The number of fused-ring (bicyclic) bond motifs is 1. The number of carbonyl (C=O) groups excluding carboxylic acids is 1. The molecule has 3 aromatic rings. The quantitative estimate of drug-likeness (QED) is 0.507. The van der Waals surface area contributed by atoms with Crippen molar-refractivity contribution >= 4 is 32.8 Å². The largest absolute Gasteiger partial charge is 0.871 e. The summed E-state index contributed by atoms with van der Waals surface area (Å²) in [5, 5.41) is 13.9. The van der Waals surface area contributed by atoms with Gasteiger partial charge in [-0.25, -0.2) is 4.79 Å². The number of halogens is 1. The Kier molecular flexibility index (Phi) is 6.88. The molecular formula is C25H30BrN3O3. The van der Waals surface area contributed by atoms with Crippen molar-refractivity contribution in [1.29, 1.82) is 0 Å². The Morgan fingerprint density at radius 1 is 1.19 bits per heavy atom. The first-order valence-corrected chi connectivity index (χ1v) is 12.0. The highest BCUT2D eigenvalue weighted by Crippen LogP contribution is 2.40. The van der Waals surface area contributed by atoms with E-state index in [1.807, 2.05) is 57.4 Å². The van der Waals surface area contributed by atoms with Crippen molar-refractivity contribution in [1.82, 2.24) is 9.47 Å². The predicted molar refractivity (Wildman–Crippen MR) is 127 cm³/mol. The van der Waals surface area contributed by atoms with E-state index in [4.69, 9.17) is 4.74 Å². The van der Waals surface area contributed by atoms with Gasteiger partial charge in [-0.1, -0.05) is 39.9 Å². The molecule has 7 heteroatoms. The third kappa shape index (κ3) is 4.29. The van der Waals surface area contributed by atoms with Gasteiger partial charge in [-0.2, -0.15) is 0 Å². The summed E-state index contributed by atoms with van der Waals surface area (Å²) in [6, 6.07) is 11.9. The lowest BCUT2D eigenvalue weighted by atomic mass is 10.0. The zero-order valence-electron chi connectivity index (χ0n) is 18.9. The molecule has 0 saturated carbocycles. The number of nitrogens with zero attached hydrogens (tertiary/aromatic N) is 2. The molecular weight excluding hydrogens is 470 g/mol. The van der Waals surface area contributed by atoms with Crippen LogP contribution in [-0.4, -0.2) is 49.2 Å². The molecule has 0 bridgehead atoms. The average molecular weight is 500 g/mol. The number of likely N-dealkylation sites (tertiary alicyclic amines) is 1. The van der Waals surface area contributed by atoms with Crippen molar-refractivity contribution in [2.75, 3.05) is 33.8 Å². The van der Waals surface area contributed by atoms with Gasteiger partial charge in [0.25, 0.3) is 0 Å². The van der Waals surface area contributed by atoms with E-state index >= 15 is 0 Å². The second-order valence-electron chi connectivity index (χ2n) is 8.64. The SMILES string of the molecule is CCOC(=O)c1c(CN2CCCC2)n(-c2ccccc2)c2cc(Br)c([O-])c(C[NH+](C)C)c12. The Morgan fingerprint density at radius 3 is 2.50 bits per heavy atom. The van der Waals surface area contributed by atoms with Crippen molar-refractivity contribution in [3.8, 4) is 11.4 Å². The number of esters is 1. The maximum Gasteiger partial charge on any atom is 0.340 e. The number of aromatic nitrogens is 1. The number of rotatable bonds is 7. The Balaban J connectivity index is 2.10. The molecule has 0 amide bonds. The van der Waals surface area contributed by atoms with Crippen LogP contribution in [0.2, 0.25) is 0 Å². The van der Waals surface area contributed by atoms with Gasteiger partial charge < -0.3 is 19.3 Å². The highest BCUT2D eigenvalue weighted by molar-refractivity contribution is 9.10. The van der Waals surface area contributed by atoms with E-state index in [0.29, 0.717) is 28.7 Å². The van der Waals surface area contributed by atoms with Crippen LogP contribution in [0.4, 0.5) is 0 Å². The number of carbonyl (C=O) groups is 1. The fourth-order valence-corrected chi connectivity index (χ4v) is 5.10. The Morgan fingerprint density at radius 2 is 1.88 bits per heavy atom. The maximum absolute atomic E-state index is 13.4. The van der Waals surface area contributed by atoms with Crippen LogP contribution in [0, 0.1) is 0 Å². The van der Waals surface area contributed by atoms with E-state index in [1.165, 1.54) is 0 Å². The Hall–Kier alpha value is -2.35. The van der Waals surface area contributed by atoms with E-state index in [0.717, 1.165) is 53.1 Å². The molecule has 2 aromatic carbocycles. The van der Waals surface area contributed by atoms with Crippen molar-refractivity contribution in [3.05, 3.63) is 57.7 Å². The second kappa shape index (κ2) is 9.65. The van der Waals surface area contributed by atoms with Gasteiger partial charge in [0.05, 0.1) is 37.5 Å². The van der Waals surface area contributed by atoms with Gasteiger partial charge in [-0.3, -0.25) is 4.90 Å². The number of ether oxygens (including phenoxy) is 1. The monoisotopic (exact) mass is 499 g/mol. The molecule has 1 fully saturated rings. The summed E-state index contributed by atoms with van der Waals surface area (Å²) < 4.78 is 8.18. The highest BCUT2D eigenvalue weighted by atomic mass is 79.9. The zero-order valence-corrected chi connectivity index (χ0v) is 20.5.